The fourth-order valence-electron chi connectivity index (χ4n) is 3.70. The van der Waals surface area contributed by atoms with E-state index in [0.717, 1.165) is 25.6 Å². The van der Waals surface area contributed by atoms with E-state index in [1.807, 2.05) is 0 Å². The van der Waals surface area contributed by atoms with Gasteiger partial charge in [0.15, 0.2) is 0 Å². The zero-order valence-electron chi connectivity index (χ0n) is 13.4. The normalized spacial score (nSPS) is 20.7. The Morgan fingerprint density at radius 1 is 1.13 bits per heavy atom. The molecule has 0 spiro atoms. The maximum atomic E-state index is 13.9. The molecule has 2 fully saturated rings. The lowest BCUT2D eigenvalue weighted by Crippen LogP contribution is -2.50. The third-order valence-electron chi connectivity index (χ3n) is 5.06. The van der Waals surface area contributed by atoms with Crippen LogP contribution in [0.2, 0.25) is 5.02 Å². The number of carbonyl (C=O) groups is 1. The fraction of sp³-hybridized carbons (Fsp3) is 0.611. The monoisotopic (exact) mass is 338 g/mol. The van der Waals surface area contributed by atoms with Crippen LogP contribution in [0.4, 0.5) is 4.39 Å². The van der Waals surface area contributed by atoms with Gasteiger partial charge in [0, 0.05) is 37.7 Å². The highest BCUT2D eigenvalue weighted by Gasteiger charge is 2.25. The minimum atomic E-state index is -0.535. The molecule has 2 aliphatic rings. The van der Waals surface area contributed by atoms with Crippen LogP contribution in [0.25, 0.3) is 0 Å². The van der Waals surface area contributed by atoms with Crippen molar-refractivity contribution in [2.24, 2.45) is 5.92 Å². The van der Waals surface area contributed by atoms with Crippen molar-refractivity contribution in [3.8, 4) is 0 Å². The number of halogens is 2. The molecule has 3 rings (SSSR count). The highest BCUT2D eigenvalue weighted by Crippen LogP contribution is 2.25. The summed E-state index contributed by atoms with van der Waals surface area (Å²) in [6.07, 6.45) is 6.79. The average molecular weight is 339 g/mol. The Balaban J connectivity index is 1.52. The Morgan fingerprint density at radius 2 is 1.83 bits per heavy atom. The molecule has 1 amide bonds. The zero-order valence-corrected chi connectivity index (χ0v) is 14.2. The predicted octanol–water partition coefficient (Wildman–Crippen LogP) is 3.82. The molecule has 0 atom stereocenters. The van der Waals surface area contributed by atoms with Crippen molar-refractivity contribution >= 4 is 17.5 Å². The van der Waals surface area contributed by atoms with E-state index in [1.165, 1.54) is 44.2 Å². The van der Waals surface area contributed by atoms with Gasteiger partial charge >= 0.3 is 0 Å². The topological polar surface area (TPSA) is 23.6 Å². The van der Waals surface area contributed by atoms with Crippen molar-refractivity contribution in [3.63, 3.8) is 0 Å². The smallest absolute Gasteiger partial charge is 0.256 e. The molecule has 1 aliphatic heterocycles. The maximum absolute atomic E-state index is 13.9. The molecule has 0 N–H and O–H groups in total. The van der Waals surface area contributed by atoms with Crippen LogP contribution in [0.3, 0.4) is 0 Å². The summed E-state index contributed by atoms with van der Waals surface area (Å²) in [6, 6.07) is 4.25. The average Bonchev–Trinajstić information content (AvgIpc) is 2.56. The molecule has 1 heterocycles. The number of benzene rings is 1. The summed E-state index contributed by atoms with van der Waals surface area (Å²) in [4.78, 5) is 16.7. The second-order valence-corrected chi connectivity index (χ2v) is 7.16. The summed E-state index contributed by atoms with van der Waals surface area (Å²) in [5.41, 5.74) is 0.120. The largest absolute Gasteiger partial charge is 0.336 e. The number of piperazine rings is 1. The summed E-state index contributed by atoms with van der Waals surface area (Å²) in [5.74, 6) is 0.0586. The molecule has 5 heteroatoms. The van der Waals surface area contributed by atoms with Crippen molar-refractivity contribution in [3.05, 3.63) is 34.6 Å². The molecule has 23 heavy (non-hydrogen) atoms. The number of hydrogen-bond acceptors (Lipinski definition) is 2. The van der Waals surface area contributed by atoms with Crippen LogP contribution in [-0.4, -0.2) is 48.4 Å². The molecule has 3 nitrogen and oxygen atoms in total. The van der Waals surface area contributed by atoms with E-state index in [-0.39, 0.29) is 11.5 Å². The van der Waals surface area contributed by atoms with Crippen molar-refractivity contribution in [1.29, 1.82) is 0 Å². The SMILES string of the molecule is O=C(c1ccc(Cl)cc1F)N1CCN(CC2CCCCC2)CC1. The van der Waals surface area contributed by atoms with E-state index in [1.54, 1.807) is 11.0 Å². The summed E-state index contributed by atoms with van der Waals surface area (Å²) < 4.78 is 13.9. The zero-order chi connectivity index (χ0) is 16.2. The van der Waals surface area contributed by atoms with Gasteiger partial charge < -0.3 is 4.90 Å². The van der Waals surface area contributed by atoms with Gasteiger partial charge in [-0.2, -0.15) is 0 Å². The first-order valence-corrected chi connectivity index (χ1v) is 8.98. The van der Waals surface area contributed by atoms with Gasteiger partial charge in [-0.05, 0) is 37.0 Å². The van der Waals surface area contributed by atoms with Gasteiger partial charge in [-0.3, -0.25) is 9.69 Å². The number of nitrogens with zero attached hydrogens (tertiary/aromatic N) is 2. The molecule has 0 aromatic heterocycles. The van der Waals surface area contributed by atoms with Gasteiger partial charge in [-0.25, -0.2) is 4.39 Å². The van der Waals surface area contributed by atoms with Gasteiger partial charge in [0.2, 0.25) is 0 Å². The molecule has 0 bridgehead atoms. The summed E-state index contributed by atoms with van der Waals surface area (Å²) >= 11 is 5.75. The highest BCUT2D eigenvalue weighted by atomic mass is 35.5. The summed E-state index contributed by atoms with van der Waals surface area (Å²) in [7, 11) is 0. The van der Waals surface area contributed by atoms with E-state index in [2.05, 4.69) is 4.90 Å². The van der Waals surface area contributed by atoms with Crippen LogP contribution in [-0.2, 0) is 0 Å². The van der Waals surface area contributed by atoms with Crippen molar-refractivity contribution in [1.82, 2.24) is 9.80 Å². The molecule has 1 saturated carbocycles. The van der Waals surface area contributed by atoms with E-state index < -0.39 is 5.82 Å². The van der Waals surface area contributed by atoms with Crippen LogP contribution in [0.1, 0.15) is 42.5 Å². The van der Waals surface area contributed by atoms with E-state index in [9.17, 15) is 9.18 Å². The van der Waals surface area contributed by atoms with E-state index in [0.29, 0.717) is 18.1 Å². The molecule has 1 aliphatic carbocycles. The molecule has 1 aromatic carbocycles. The van der Waals surface area contributed by atoms with Crippen LogP contribution in [0.15, 0.2) is 18.2 Å². The Kier molecular flexibility index (Phi) is 5.54. The Labute approximate surface area is 142 Å². The van der Waals surface area contributed by atoms with Crippen molar-refractivity contribution in [2.75, 3.05) is 32.7 Å². The Hall–Kier alpha value is -1.13. The molecule has 126 valence electrons. The van der Waals surface area contributed by atoms with Crippen molar-refractivity contribution in [2.45, 2.75) is 32.1 Å². The number of rotatable bonds is 3. The number of carbonyl (C=O) groups excluding carboxylic acids is 1. The van der Waals surface area contributed by atoms with Gasteiger partial charge in [-0.1, -0.05) is 30.9 Å². The Bertz CT molecular complexity index is 552. The lowest BCUT2D eigenvalue weighted by Gasteiger charge is -2.37. The fourth-order valence-corrected chi connectivity index (χ4v) is 3.86. The maximum Gasteiger partial charge on any atom is 0.256 e. The molecule has 1 saturated heterocycles. The molecular weight excluding hydrogens is 315 g/mol. The van der Waals surface area contributed by atoms with Crippen molar-refractivity contribution < 1.29 is 9.18 Å². The third kappa shape index (κ3) is 4.24. The molecular formula is C18H24ClFN2O. The van der Waals surface area contributed by atoms with E-state index >= 15 is 0 Å². The second-order valence-electron chi connectivity index (χ2n) is 6.72. The van der Waals surface area contributed by atoms with Gasteiger partial charge in [-0.15, -0.1) is 0 Å². The summed E-state index contributed by atoms with van der Waals surface area (Å²) in [5, 5.41) is 0.316. The van der Waals surface area contributed by atoms with Gasteiger partial charge in [0.25, 0.3) is 5.91 Å². The minimum absolute atomic E-state index is 0.120. The second kappa shape index (κ2) is 7.63. The number of amides is 1. The minimum Gasteiger partial charge on any atom is -0.336 e. The molecule has 0 radical (unpaired) electrons. The summed E-state index contributed by atoms with van der Waals surface area (Å²) in [6.45, 7) is 4.27. The Morgan fingerprint density at radius 3 is 2.48 bits per heavy atom. The lowest BCUT2D eigenvalue weighted by molar-refractivity contribution is 0.0602. The lowest BCUT2D eigenvalue weighted by atomic mass is 9.89. The molecule has 0 unspecified atom stereocenters. The highest BCUT2D eigenvalue weighted by molar-refractivity contribution is 6.30. The van der Waals surface area contributed by atoms with Crippen LogP contribution >= 0.6 is 11.6 Å². The first-order chi connectivity index (χ1) is 11.1. The first kappa shape index (κ1) is 16.7. The van der Waals surface area contributed by atoms with Crippen LogP contribution in [0, 0.1) is 11.7 Å². The van der Waals surface area contributed by atoms with E-state index in [4.69, 9.17) is 11.6 Å². The van der Waals surface area contributed by atoms with Gasteiger partial charge in [0.05, 0.1) is 5.56 Å². The third-order valence-corrected chi connectivity index (χ3v) is 5.30. The first-order valence-electron chi connectivity index (χ1n) is 8.60. The predicted molar refractivity (Wildman–Crippen MR) is 90.3 cm³/mol. The van der Waals surface area contributed by atoms with Crippen LogP contribution < -0.4 is 0 Å². The standard InChI is InChI=1S/C18H24ClFN2O/c19-15-6-7-16(17(20)12-15)18(23)22-10-8-21(9-11-22)13-14-4-2-1-3-5-14/h6-7,12,14H,1-5,8-11,13H2. The quantitative estimate of drug-likeness (QED) is 0.836. The van der Waals surface area contributed by atoms with Crippen LogP contribution in [0.5, 0.6) is 0 Å². The number of hydrogen-bond donors (Lipinski definition) is 0. The molecule has 1 aromatic rings. The van der Waals surface area contributed by atoms with Gasteiger partial charge in [0.1, 0.15) is 5.82 Å².